The van der Waals surface area contributed by atoms with Crippen LogP contribution >= 0.6 is 0 Å². The number of fused-ring (bicyclic) bond motifs is 1. The van der Waals surface area contributed by atoms with Gasteiger partial charge in [-0.1, -0.05) is 24.3 Å². The molecule has 0 saturated heterocycles. The molecule has 0 bridgehead atoms. The van der Waals surface area contributed by atoms with E-state index in [2.05, 4.69) is 5.32 Å². The second kappa shape index (κ2) is 7.17. The number of phenols is 1. The number of nitrogens with zero attached hydrogens (tertiary/aromatic N) is 1. The van der Waals surface area contributed by atoms with Crippen LogP contribution in [0.3, 0.4) is 0 Å². The van der Waals surface area contributed by atoms with Gasteiger partial charge in [0.05, 0.1) is 11.1 Å². The zero-order chi connectivity index (χ0) is 17.8. The van der Waals surface area contributed by atoms with Crippen molar-refractivity contribution in [2.24, 2.45) is 0 Å². The van der Waals surface area contributed by atoms with Gasteiger partial charge < -0.3 is 10.4 Å². The SMILES string of the molecule is O=C(CN1C(=O)c2ccccc2C1=O)NCCCc1cccc(O)c1. The molecule has 3 amide bonds. The van der Waals surface area contributed by atoms with Crippen LogP contribution in [-0.4, -0.2) is 40.8 Å². The molecule has 128 valence electrons. The summed E-state index contributed by atoms with van der Waals surface area (Å²) in [5.41, 5.74) is 1.66. The minimum Gasteiger partial charge on any atom is -0.508 e. The molecule has 0 radical (unpaired) electrons. The van der Waals surface area contributed by atoms with Gasteiger partial charge in [-0.3, -0.25) is 19.3 Å². The number of imide groups is 1. The lowest BCUT2D eigenvalue weighted by atomic mass is 10.1. The Bertz CT molecular complexity index is 797. The first-order valence-electron chi connectivity index (χ1n) is 8.06. The van der Waals surface area contributed by atoms with Crippen LogP contribution in [0.15, 0.2) is 48.5 Å². The van der Waals surface area contributed by atoms with Crippen molar-refractivity contribution in [3.8, 4) is 5.75 Å². The maximum atomic E-state index is 12.2. The molecule has 0 unspecified atom stereocenters. The molecule has 6 nitrogen and oxygen atoms in total. The summed E-state index contributed by atoms with van der Waals surface area (Å²) in [4.78, 5) is 37.4. The first kappa shape index (κ1) is 16.7. The molecular formula is C19H18N2O4. The van der Waals surface area contributed by atoms with Crippen molar-refractivity contribution < 1.29 is 19.5 Å². The third kappa shape index (κ3) is 3.68. The fourth-order valence-corrected chi connectivity index (χ4v) is 2.81. The van der Waals surface area contributed by atoms with Crippen LogP contribution in [0, 0.1) is 0 Å². The Morgan fingerprint density at radius 3 is 2.32 bits per heavy atom. The maximum Gasteiger partial charge on any atom is 0.262 e. The van der Waals surface area contributed by atoms with Crippen molar-refractivity contribution >= 4 is 17.7 Å². The zero-order valence-electron chi connectivity index (χ0n) is 13.6. The van der Waals surface area contributed by atoms with Crippen molar-refractivity contribution in [2.45, 2.75) is 12.8 Å². The summed E-state index contributed by atoms with van der Waals surface area (Å²) in [5, 5.41) is 12.1. The fourth-order valence-electron chi connectivity index (χ4n) is 2.81. The normalized spacial score (nSPS) is 13.0. The highest BCUT2D eigenvalue weighted by Gasteiger charge is 2.36. The molecule has 0 atom stereocenters. The van der Waals surface area contributed by atoms with Crippen molar-refractivity contribution in [2.75, 3.05) is 13.1 Å². The third-order valence-electron chi connectivity index (χ3n) is 4.05. The lowest BCUT2D eigenvalue weighted by Crippen LogP contribution is -2.40. The van der Waals surface area contributed by atoms with Crippen molar-refractivity contribution in [3.63, 3.8) is 0 Å². The Labute approximate surface area is 145 Å². The van der Waals surface area contributed by atoms with Crippen LogP contribution in [0.5, 0.6) is 5.75 Å². The minimum absolute atomic E-state index is 0.215. The second-order valence-electron chi connectivity index (χ2n) is 5.87. The Balaban J connectivity index is 1.47. The Kier molecular flexibility index (Phi) is 4.79. The van der Waals surface area contributed by atoms with E-state index in [0.717, 1.165) is 10.5 Å². The lowest BCUT2D eigenvalue weighted by molar-refractivity contribution is -0.121. The average Bonchev–Trinajstić information content (AvgIpc) is 2.84. The van der Waals surface area contributed by atoms with Gasteiger partial charge in [0, 0.05) is 6.54 Å². The number of carbonyl (C=O) groups excluding carboxylic acids is 3. The van der Waals surface area contributed by atoms with Crippen LogP contribution in [0.2, 0.25) is 0 Å². The predicted octanol–water partition coefficient (Wildman–Crippen LogP) is 1.74. The van der Waals surface area contributed by atoms with Gasteiger partial charge in [-0.15, -0.1) is 0 Å². The summed E-state index contributed by atoms with van der Waals surface area (Å²) in [6.07, 6.45) is 1.40. The van der Waals surface area contributed by atoms with Gasteiger partial charge in [0.1, 0.15) is 12.3 Å². The van der Waals surface area contributed by atoms with E-state index in [1.807, 2.05) is 6.07 Å². The number of benzene rings is 2. The number of aryl methyl sites for hydroxylation is 1. The number of amides is 3. The molecule has 0 aromatic heterocycles. The van der Waals surface area contributed by atoms with Crippen LogP contribution in [-0.2, 0) is 11.2 Å². The Hall–Kier alpha value is -3.15. The molecule has 1 heterocycles. The molecule has 6 heteroatoms. The number of aromatic hydroxyl groups is 1. The van der Waals surface area contributed by atoms with E-state index >= 15 is 0 Å². The molecule has 2 N–H and O–H groups in total. The summed E-state index contributed by atoms with van der Waals surface area (Å²) >= 11 is 0. The first-order chi connectivity index (χ1) is 12.1. The van der Waals surface area contributed by atoms with E-state index in [-0.39, 0.29) is 18.2 Å². The molecule has 2 aromatic rings. The average molecular weight is 338 g/mol. The molecule has 0 fully saturated rings. The minimum atomic E-state index is -0.435. The summed E-state index contributed by atoms with van der Waals surface area (Å²) in [7, 11) is 0. The summed E-state index contributed by atoms with van der Waals surface area (Å²) in [5.74, 6) is -1.02. The highest BCUT2D eigenvalue weighted by molar-refractivity contribution is 6.22. The topological polar surface area (TPSA) is 86.7 Å². The van der Waals surface area contributed by atoms with Crippen molar-refractivity contribution in [3.05, 3.63) is 65.2 Å². The highest BCUT2D eigenvalue weighted by atomic mass is 16.3. The number of phenolic OH excluding ortho intramolecular Hbond substituents is 1. The molecule has 0 saturated carbocycles. The maximum absolute atomic E-state index is 12.2. The predicted molar refractivity (Wildman–Crippen MR) is 91.2 cm³/mol. The van der Waals surface area contributed by atoms with E-state index in [1.54, 1.807) is 42.5 Å². The molecule has 0 aliphatic carbocycles. The van der Waals surface area contributed by atoms with Gasteiger partial charge in [-0.25, -0.2) is 0 Å². The van der Waals surface area contributed by atoms with Gasteiger partial charge in [0.15, 0.2) is 0 Å². The van der Waals surface area contributed by atoms with Crippen LogP contribution in [0.1, 0.15) is 32.7 Å². The van der Waals surface area contributed by atoms with E-state index in [9.17, 15) is 19.5 Å². The number of carbonyl (C=O) groups is 3. The van der Waals surface area contributed by atoms with E-state index in [1.165, 1.54) is 0 Å². The fraction of sp³-hybridized carbons (Fsp3) is 0.211. The molecule has 2 aromatic carbocycles. The van der Waals surface area contributed by atoms with Crippen LogP contribution in [0.4, 0.5) is 0 Å². The monoisotopic (exact) mass is 338 g/mol. The highest BCUT2D eigenvalue weighted by Crippen LogP contribution is 2.21. The Morgan fingerprint density at radius 2 is 1.68 bits per heavy atom. The van der Waals surface area contributed by atoms with Crippen molar-refractivity contribution in [1.82, 2.24) is 10.2 Å². The van der Waals surface area contributed by atoms with E-state index < -0.39 is 11.8 Å². The quantitative estimate of drug-likeness (QED) is 0.620. The van der Waals surface area contributed by atoms with Gasteiger partial charge >= 0.3 is 0 Å². The first-order valence-corrected chi connectivity index (χ1v) is 8.06. The largest absolute Gasteiger partial charge is 0.508 e. The molecule has 1 aliphatic heterocycles. The molecule has 25 heavy (non-hydrogen) atoms. The Morgan fingerprint density at radius 1 is 1.00 bits per heavy atom. The smallest absolute Gasteiger partial charge is 0.262 e. The number of nitrogens with one attached hydrogen (secondary N) is 1. The third-order valence-corrected chi connectivity index (χ3v) is 4.05. The van der Waals surface area contributed by atoms with Crippen molar-refractivity contribution in [1.29, 1.82) is 0 Å². The molecule has 1 aliphatic rings. The lowest BCUT2D eigenvalue weighted by Gasteiger charge is -2.13. The van der Waals surface area contributed by atoms with Gasteiger partial charge in [0.2, 0.25) is 5.91 Å². The zero-order valence-corrected chi connectivity index (χ0v) is 13.6. The summed E-state index contributed by atoms with van der Waals surface area (Å²) in [6.45, 7) is 0.149. The summed E-state index contributed by atoms with van der Waals surface area (Å²) < 4.78 is 0. The molecule has 3 rings (SSSR count). The second-order valence-corrected chi connectivity index (χ2v) is 5.87. The number of hydrogen-bond acceptors (Lipinski definition) is 4. The van der Waals surface area contributed by atoms with E-state index in [4.69, 9.17) is 0 Å². The van der Waals surface area contributed by atoms with Crippen LogP contribution < -0.4 is 5.32 Å². The van der Waals surface area contributed by atoms with Gasteiger partial charge in [0.25, 0.3) is 11.8 Å². The number of rotatable bonds is 6. The standard InChI is InChI=1S/C19H18N2O4/c22-14-7-3-5-13(11-14)6-4-10-20-17(23)12-21-18(24)15-8-1-2-9-16(15)19(21)25/h1-3,5,7-9,11,22H,4,6,10,12H2,(H,20,23). The van der Waals surface area contributed by atoms with Gasteiger partial charge in [-0.2, -0.15) is 0 Å². The van der Waals surface area contributed by atoms with E-state index in [0.29, 0.717) is 30.5 Å². The molecule has 0 spiro atoms. The van der Waals surface area contributed by atoms with Crippen LogP contribution in [0.25, 0.3) is 0 Å². The molecular weight excluding hydrogens is 320 g/mol. The summed E-state index contributed by atoms with van der Waals surface area (Å²) in [6, 6.07) is 13.5. The number of hydrogen-bond donors (Lipinski definition) is 2. The van der Waals surface area contributed by atoms with Gasteiger partial charge in [-0.05, 0) is 42.7 Å².